The van der Waals surface area contributed by atoms with Crippen LogP contribution in [0.15, 0.2) is 53.2 Å². The Morgan fingerprint density at radius 1 is 1.06 bits per heavy atom. The second kappa shape index (κ2) is 8.68. The Hall–Kier alpha value is -3.52. The van der Waals surface area contributed by atoms with E-state index >= 15 is 0 Å². The van der Waals surface area contributed by atoms with Crippen LogP contribution in [0.2, 0.25) is 0 Å². The standard InChI is InChI=1S/C26H27N5O3/c1-17-22(23(29-34-17)18-7-3-2-4-8-18)26(32)30-14-11-19(12-15-30)31-24-20(9-5-13-27-24)28-25(31)21-10-6-16-33-21/h2-5,7-9,13,19,21H,6,10-12,14-16H2,1H3/t21-/m1/s1. The summed E-state index contributed by atoms with van der Waals surface area (Å²) in [4.78, 5) is 25.0. The SMILES string of the molecule is Cc1onc(-c2ccccc2)c1C(=O)N1CCC(n2c([C@H]3CCCO3)nc3cccnc32)CC1. The number of carbonyl (C=O) groups is 1. The Kier molecular flexibility index (Phi) is 5.37. The molecule has 1 amide bonds. The number of nitrogens with zero attached hydrogens (tertiary/aromatic N) is 5. The van der Waals surface area contributed by atoms with E-state index < -0.39 is 0 Å². The van der Waals surface area contributed by atoms with E-state index in [4.69, 9.17) is 14.2 Å². The van der Waals surface area contributed by atoms with Gasteiger partial charge in [0.1, 0.15) is 34.5 Å². The van der Waals surface area contributed by atoms with Crippen molar-refractivity contribution in [3.63, 3.8) is 0 Å². The fourth-order valence-electron chi connectivity index (χ4n) is 5.22. The van der Waals surface area contributed by atoms with Gasteiger partial charge in [-0.3, -0.25) is 4.79 Å². The van der Waals surface area contributed by atoms with E-state index in [0.29, 0.717) is 30.1 Å². The maximum absolute atomic E-state index is 13.5. The molecule has 1 atom stereocenters. The average molecular weight is 458 g/mol. The molecule has 2 aliphatic rings. The first-order valence-electron chi connectivity index (χ1n) is 12.0. The highest BCUT2D eigenvalue weighted by molar-refractivity contribution is 6.00. The van der Waals surface area contributed by atoms with Gasteiger partial charge in [-0.15, -0.1) is 0 Å². The summed E-state index contributed by atoms with van der Waals surface area (Å²) in [6.07, 6.45) is 5.53. The van der Waals surface area contributed by atoms with Crippen molar-refractivity contribution in [2.24, 2.45) is 0 Å². The van der Waals surface area contributed by atoms with Gasteiger partial charge in [-0.1, -0.05) is 35.5 Å². The summed E-state index contributed by atoms with van der Waals surface area (Å²) in [5, 5.41) is 4.19. The van der Waals surface area contributed by atoms with Gasteiger partial charge in [0, 0.05) is 37.5 Å². The number of aryl methyl sites for hydroxylation is 1. The van der Waals surface area contributed by atoms with E-state index in [9.17, 15) is 4.79 Å². The number of amides is 1. The molecule has 2 aliphatic heterocycles. The molecule has 1 aromatic carbocycles. The van der Waals surface area contributed by atoms with Crippen molar-refractivity contribution in [3.05, 3.63) is 65.8 Å². The van der Waals surface area contributed by atoms with Gasteiger partial charge in [0.05, 0.1) is 0 Å². The molecule has 6 rings (SSSR count). The number of aromatic nitrogens is 4. The van der Waals surface area contributed by atoms with Crippen LogP contribution in [0.3, 0.4) is 0 Å². The quantitative estimate of drug-likeness (QED) is 0.441. The third kappa shape index (κ3) is 3.58. The van der Waals surface area contributed by atoms with Crippen molar-refractivity contribution in [2.45, 2.75) is 44.8 Å². The zero-order valence-corrected chi connectivity index (χ0v) is 19.2. The lowest BCUT2D eigenvalue weighted by atomic mass is 10.0. The number of pyridine rings is 1. The number of fused-ring (bicyclic) bond motifs is 1. The summed E-state index contributed by atoms with van der Waals surface area (Å²) < 4.78 is 13.7. The van der Waals surface area contributed by atoms with Crippen molar-refractivity contribution >= 4 is 17.1 Å². The number of carbonyl (C=O) groups excluding carboxylic acids is 1. The highest BCUT2D eigenvalue weighted by Gasteiger charge is 2.33. The van der Waals surface area contributed by atoms with E-state index in [2.05, 4.69) is 14.7 Å². The maximum atomic E-state index is 13.5. The lowest BCUT2D eigenvalue weighted by Crippen LogP contribution is -2.39. The van der Waals surface area contributed by atoms with Crippen LogP contribution in [0.25, 0.3) is 22.4 Å². The van der Waals surface area contributed by atoms with E-state index in [1.54, 1.807) is 6.92 Å². The van der Waals surface area contributed by atoms with Gasteiger partial charge >= 0.3 is 0 Å². The van der Waals surface area contributed by atoms with Crippen molar-refractivity contribution in [3.8, 4) is 11.3 Å². The van der Waals surface area contributed by atoms with E-state index in [0.717, 1.165) is 54.8 Å². The second-order valence-electron chi connectivity index (χ2n) is 9.04. The average Bonchev–Trinajstić information content (AvgIpc) is 3.62. The first-order valence-corrected chi connectivity index (χ1v) is 12.0. The molecule has 4 aromatic rings. The Balaban J connectivity index is 1.25. The summed E-state index contributed by atoms with van der Waals surface area (Å²) in [6.45, 7) is 3.88. The van der Waals surface area contributed by atoms with Crippen LogP contribution in [0.1, 0.15) is 59.8 Å². The summed E-state index contributed by atoms with van der Waals surface area (Å²) in [6, 6.07) is 13.9. The minimum atomic E-state index is -0.0241. The van der Waals surface area contributed by atoms with Crippen molar-refractivity contribution in [1.29, 1.82) is 0 Å². The maximum Gasteiger partial charge on any atom is 0.259 e. The monoisotopic (exact) mass is 457 g/mol. The fraction of sp³-hybridized carbons (Fsp3) is 0.385. The molecule has 8 heteroatoms. The number of benzene rings is 1. The molecule has 2 saturated heterocycles. The molecule has 174 valence electrons. The molecular weight excluding hydrogens is 430 g/mol. The van der Waals surface area contributed by atoms with Crippen LogP contribution in [0.4, 0.5) is 0 Å². The molecule has 0 aliphatic carbocycles. The largest absolute Gasteiger partial charge is 0.370 e. The van der Waals surface area contributed by atoms with Gasteiger partial charge < -0.3 is 18.7 Å². The smallest absolute Gasteiger partial charge is 0.259 e. The molecule has 3 aromatic heterocycles. The summed E-state index contributed by atoms with van der Waals surface area (Å²) in [5.41, 5.74) is 3.85. The second-order valence-corrected chi connectivity index (χ2v) is 9.04. The molecule has 8 nitrogen and oxygen atoms in total. The zero-order chi connectivity index (χ0) is 23.1. The lowest BCUT2D eigenvalue weighted by Gasteiger charge is -2.33. The predicted octanol–water partition coefficient (Wildman–Crippen LogP) is 4.72. The number of rotatable bonds is 4. The van der Waals surface area contributed by atoms with Crippen molar-refractivity contribution < 1.29 is 14.1 Å². The molecule has 0 N–H and O–H groups in total. The number of piperidine rings is 1. The first kappa shape index (κ1) is 21.0. The third-order valence-electron chi connectivity index (χ3n) is 6.93. The van der Waals surface area contributed by atoms with Gasteiger partial charge in [0.25, 0.3) is 5.91 Å². The van der Waals surface area contributed by atoms with Crippen molar-refractivity contribution in [2.75, 3.05) is 19.7 Å². The fourth-order valence-corrected chi connectivity index (χ4v) is 5.22. The van der Waals surface area contributed by atoms with Crippen LogP contribution in [0, 0.1) is 6.92 Å². The topological polar surface area (TPSA) is 86.3 Å². The molecule has 5 heterocycles. The molecule has 0 bridgehead atoms. The van der Waals surface area contributed by atoms with Crippen LogP contribution < -0.4 is 0 Å². The minimum Gasteiger partial charge on any atom is -0.370 e. The normalized spacial score (nSPS) is 19.2. The summed E-state index contributed by atoms with van der Waals surface area (Å²) >= 11 is 0. The molecule has 0 unspecified atom stereocenters. The highest BCUT2D eigenvalue weighted by Crippen LogP contribution is 2.36. The van der Waals surface area contributed by atoms with Gasteiger partial charge in [0.2, 0.25) is 0 Å². The van der Waals surface area contributed by atoms with Gasteiger partial charge in [-0.2, -0.15) is 0 Å². The van der Waals surface area contributed by atoms with Gasteiger partial charge in [0.15, 0.2) is 5.65 Å². The van der Waals surface area contributed by atoms with Gasteiger partial charge in [-0.25, -0.2) is 9.97 Å². The number of imidazole rings is 1. The Morgan fingerprint density at radius 2 is 1.88 bits per heavy atom. The van der Waals surface area contributed by atoms with Crippen LogP contribution >= 0.6 is 0 Å². The lowest BCUT2D eigenvalue weighted by molar-refractivity contribution is 0.0681. The van der Waals surface area contributed by atoms with Gasteiger partial charge in [-0.05, 0) is 44.7 Å². The molecular formula is C26H27N5O3. The van der Waals surface area contributed by atoms with Crippen molar-refractivity contribution in [1.82, 2.24) is 24.6 Å². The van der Waals surface area contributed by atoms with E-state index in [1.165, 1.54) is 0 Å². The Morgan fingerprint density at radius 3 is 2.65 bits per heavy atom. The molecule has 0 saturated carbocycles. The molecule has 0 radical (unpaired) electrons. The third-order valence-corrected chi connectivity index (χ3v) is 6.93. The number of ether oxygens (including phenoxy) is 1. The predicted molar refractivity (Wildman–Crippen MR) is 126 cm³/mol. The van der Waals surface area contributed by atoms with Crippen LogP contribution in [-0.4, -0.2) is 50.2 Å². The number of hydrogen-bond acceptors (Lipinski definition) is 6. The zero-order valence-electron chi connectivity index (χ0n) is 19.2. The Labute approximate surface area is 197 Å². The summed E-state index contributed by atoms with van der Waals surface area (Å²) in [5.74, 6) is 1.50. The van der Waals surface area contributed by atoms with Crippen LogP contribution in [0.5, 0.6) is 0 Å². The van der Waals surface area contributed by atoms with E-state index in [1.807, 2.05) is 53.6 Å². The molecule has 2 fully saturated rings. The molecule has 34 heavy (non-hydrogen) atoms. The highest BCUT2D eigenvalue weighted by atomic mass is 16.5. The molecule has 0 spiro atoms. The minimum absolute atomic E-state index is 0.0157. The number of hydrogen-bond donors (Lipinski definition) is 0. The number of likely N-dealkylation sites (tertiary alicyclic amines) is 1. The summed E-state index contributed by atoms with van der Waals surface area (Å²) in [7, 11) is 0. The van der Waals surface area contributed by atoms with Crippen LogP contribution in [-0.2, 0) is 4.74 Å². The first-order chi connectivity index (χ1) is 16.7. The van der Waals surface area contributed by atoms with E-state index in [-0.39, 0.29) is 18.1 Å². The Bertz CT molecular complexity index is 1310.